The Labute approximate surface area is 220 Å². The Morgan fingerprint density at radius 3 is 2.68 bits per heavy atom. The molecule has 1 saturated heterocycles. The molecule has 4 aromatic rings. The number of hydrogen-bond acceptors (Lipinski definition) is 5. The van der Waals surface area contributed by atoms with E-state index in [0.29, 0.717) is 44.2 Å². The van der Waals surface area contributed by atoms with E-state index in [9.17, 15) is 9.59 Å². The van der Waals surface area contributed by atoms with Gasteiger partial charge in [0.25, 0.3) is 5.91 Å². The number of carbonyl (C=O) groups is 2. The Morgan fingerprint density at radius 2 is 1.87 bits per heavy atom. The fourth-order valence-electron chi connectivity index (χ4n) is 5.05. The molecular weight excluding hydrogens is 482 g/mol. The normalized spacial score (nSPS) is 16.9. The van der Waals surface area contributed by atoms with Crippen LogP contribution in [0.3, 0.4) is 0 Å². The number of aromatic amines is 1. The highest BCUT2D eigenvalue weighted by Crippen LogP contribution is 2.39. The summed E-state index contributed by atoms with van der Waals surface area (Å²) in [6.07, 6.45) is 3.58. The standard InChI is InChI=1S/C29H29N5O4/c1-33(2)28(35)23-13-18(7-8-25(23)32-29(36)34-9-11-37-12-10-34)20-14-22-24(16-31-27(22)30-15-20)26-21-6-4-3-5-19(21)17-38-26/h3-8,13-16,26H,9-12,17H2,1-2H3,(H,30,31)(H,32,36). The molecule has 1 atom stereocenters. The number of amides is 3. The van der Waals surface area contributed by atoms with Crippen molar-refractivity contribution in [1.82, 2.24) is 19.8 Å². The molecule has 2 aliphatic rings. The predicted molar refractivity (Wildman–Crippen MR) is 144 cm³/mol. The van der Waals surface area contributed by atoms with E-state index in [-0.39, 0.29) is 18.0 Å². The topological polar surface area (TPSA) is 99.8 Å². The summed E-state index contributed by atoms with van der Waals surface area (Å²) in [5, 5.41) is 3.89. The molecule has 9 heteroatoms. The average molecular weight is 512 g/mol. The SMILES string of the molecule is CN(C)C(=O)c1cc(-c2cnc3[nH]cc(C4OCc5ccccc54)c3c2)ccc1NC(=O)N1CCOCC1. The van der Waals surface area contributed by atoms with Gasteiger partial charge < -0.3 is 29.6 Å². The fourth-order valence-corrected chi connectivity index (χ4v) is 5.05. The molecule has 2 aliphatic heterocycles. The molecule has 38 heavy (non-hydrogen) atoms. The van der Waals surface area contributed by atoms with Crippen molar-refractivity contribution in [2.45, 2.75) is 12.7 Å². The van der Waals surface area contributed by atoms with Gasteiger partial charge in [0.05, 0.1) is 31.1 Å². The van der Waals surface area contributed by atoms with Crippen LogP contribution in [0.5, 0.6) is 0 Å². The first-order valence-electron chi connectivity index (χ1n) is 12.7. The molecule has 194 valence electrons. The zero-order chi connectivity index (χ0) is 26.2. The summed E-state index contributed by atoms with van der Waals surface area (Å²) in [4.78, 5) is 37.1. The smallest absolute Gasteiger partial charge is 0.322 e. The van der Waals surface area contributed by atoms with E-state index < -0.39 is 0 Å². The fraction of sp³-hybridized carbons (Fsp3) is 0.276. The molecular formula is C29H29N5O4. The quantitative estimate of drug-likeness (QED) is 0.423. The minimum absolute atomic E-state index is 0.166. The van der Waals surface area contributed by atoms with E-state index in [4.69, 9.17) is 9.47 Å². The highest BCUT2D eigenvalue weighted by molar-refractivity contribution is 6.04. The summed E-state index contributed by atoms with van der Waals surface area (Å²) in [7, 11) is 3.39. The van der Waals surface area contributed by atoms with Crippen molar-refractivity contribution in [1.29, 1.82) is 0 Å². The molecule has 0 saturated carbocycles. The second-order valence-corrected chi connectivity index (χ2v) is 9.74. The van der Waals surface area contributed by atoms with Crippen molar-refractivity contribution in [3.8, 4) is 11.1 Å². The summed E-state index contributed by atoms with van der Waals surface area (Å²) in [6.45, 7) is 2.61. The number of anilines is 1. The van der Waals surface area contributed by atoms with Crippen molar-refractivity contribution >= 4 is 28.7 Å². The van der Waals surface area contributed by atoms with E-state index >= 15 is 0 Å². The number of H-pyrrole nitrogens is 1. The van der Waals surface area contributed by atoms with E-state index in [1.807, 2.05) is 30.5 Å². The van der Waals surface area contributed by atoms with Gasteiger partial charge in [0, 0.05) is 56.1 Å². The molecule has 0 spiro atoms. The maximum absolute atomic E-state index is 13.1. The van der Waals surface area contributed by atoms with Gasteiger partial charge >= 0.3 is 6.03 Å². The van der Waals surface area contributed by atoms with Crippen LogP contribution in [0, 0.1) is 0 Å². The van der Waals surface area contributed by atoms with Crippen LogP contribution in [0.25, 0.3) is 22.2 Å². The molecule has 0 radical (unpaired) electrons. The highest BCUT2D eigenvalue weighted by Gasteiger charge is 2.27. The average Bonchev–Trinajstić information content (AvgIpc) is 3.57. The molecule has 0 bridgehead atoms. The first kappa shape index (κ1) is 24.1. The number of nitrogens with one attached hydrogen (secondary N) is 2. The molecule has 9 nitrogen and oxygen atoms in total. The van der Waals surface area contributed by atoms with E-state index in [1.165, 1.54) is 10.5 Å². The van der Waals surface area contributed by atoms with Crippen molar-refractivity contribution in [3.63, 3.8) is 0 Å². The van der Waals surface area contributed by atoms with Gasteiger partial charge in [-0.05, 0) is 34.9 Å². The molecule has 6 rings (SSSR count). The number of morpholine rings is 1. The number of rotatable bonds is 4. The summed E-state index contributed by atoms with van der Waals surface area (Å²) < 4.78 is 11.5. The van der Waals surface area contributed by atoms with Crippen molar-refractivity contribution in [2.24, 2.45) is 0 Å². The number of ether oxygens (including phenoxy) is 2. The number of urea groups is 1. The maximum Gasteiger partial charge on any atom is 0.322 e. The highest BCUT2D eigenvalue weighted by atomic mass is 16.5. The Hall–Kier alpha value is -4.21. The first-order chi connectivity index (χ1) is 18.5. The van der Waals surface area contributed by atoms with Gasteiger partial charge in [-0.3, -0.25) is 4.79 Å². The van der Waals surface area contributed by atoms with E-state index in [2.05, 4.69) is 33.5 Å². The van der Waals surface area contributed by atoms with Gasteiger partial charge in [0.1, 0.15) is 11.8 Å². The van der Waals surface area contributed by atoms with Gasteiger partial charge in [0.15, 0.2) is 0 Å². The summed E-state index contributed by atoms with van der Waals surface area (Å²) in [6, 6.07) is 15.6. The second-order valence-electron chi connectivity index (χ2n) is 9.74. The lowest BCUT2D eigenvalue weighted by atomic mass is 9.97. The molecule has 4 heterocycles. The molecule has 2 aromatic carbocycles. The van der Waals surface area contributed by atoms with Crippen molar-refractivity contribution in [3.05, 3.63) is 83.2 Å². The third-order valence-corrected chi connectivity index (χ3v) is 7.12. The van der Waals surface area contributed by atoms with Crippen LogP contribution in [0.15, 0.2) is 60.9 Å². The van der Waals surface area contributed by atoms with Gasteiger partial charge in [-0.15, -0.1) is 0 Å². The van der Waals surface area contributed by atoms with E-state index in [1.54, 1.807) is 31.3 Å². The number of hydrogen-bond donors (Lipinski definition) is 2. The van der Waals surface area contributed by atoms with E-state index in [0.717, 1.165) is 33.3 Å². The molecule has 2 aromatic heterocycles. The summed E-state index contributed by atoms with van der Waals surface area (Å²) in [5.74, 6) is -0.198. The lowest BCUT2D eigenvalue weighted by Crippen LogP contribution is -2.43. The van der Waals surface area contributed by atoms with Crippen molar-refractivity contribution in [2.75, 3.05) is 45.7 Å². The lowest BCUT2D eigenvalue weighted by Gasteiger charge is -2.27. The van der Waals surface area contributed by atoms with Crippen LogP contribution in [-0.2, 0) is 16.1 Å². The third-order valence-electron chi connectivity index (χ3n) is 7.12. The minimum atomic E-state index is -0.245. The van der Waals surface area contributed by atoms with Gasteiger partial charge in [-0.1, -0.05) is 30.3 Å². The zero-order valence-electron chi connectivity index (χ0n) is 21.4. The first-order valence-corrected chi connectivity index (χ1v) is 12.7. The zero-order valence-corrected chi connectivity index (χ0v) is 21.4. The Bertz CT molecular complexity index is 1520. The van der Waals surface area contributed by atoms with Crippen LogP contribution in [0.1, 0.15) is 33.2 Å². The Balaban J connectivity index is 1.35. The monoisotopic (exact) mass is 511 g/mol. The van der Waals surface area contributed by atoms with Crippen LogP contribution >= 0.6 is 0 Å². The lowest BCUT2D eigenvalue weighted by molar-refractivity contribution is 0.0564. The second kappa shape index (κ2) is 9.92. The van der Waals surface area contributed by atoms with Gasteiger partial charge in [-0.25, -0.2) is 9.78 Å². The molecule has 3 amide bonds. The number of pyridine rings is 1. The number of aromatic nitrogens is 2. The Kier molecular flexibility index (Phi) is 6.30. The molecule has 2 N–H and O–H groups in total. The van der Waals surface area contributed by atoms with Crippen LogP contribution in [0.4, 0.5) is 10.5 Å². The number of benzene rings is 2. The largest absolute Gasteiger partial charge is 0.378 e. The minimum Gasteiger partial charge on any atom is -0.378 e. The summed E-state index contributed by atoms with van der Waals surface area (Å²) in [5.41, 5.74) is 6.73. The van der Waals surface area contributed by atoms with Crippen LogP contribution in [0.2, 0.25) is 0 Å². The molecule has 0 aliphatic carbocycles. The number of carbonyl (C=O) groups excluding carboxylic acids is 2. The summed E-state index contributed by atoms with van der Waals surface area (Å²) >= 11 is 0. The van der Waals surface area contributed by atoms with Crippen LogP contribution < -0.4 is 5.32 Å². The number of nitrogens with zero attached hydrogens (tertiary/aromatic N) is 3. The maximum atomic E-state index is 13.1. The Morgan fingerprint density at radius 1 is 1.05 bits per heavy atom. The molecule has 1 fully saturated rings. The molecule has 1 unspecified atom stereocenters. The van der Waals surface area contributed by atoms with Gasteiger partial charge in [0.2, 0.25) is 0 Å². The number of fused-ring (bicyclic) bond motifs is 2. The third kappa shape index (κ3) is 4.40. The van der Waals surface area contributed by atoms with Gasteiger partial charge in [-0.2, -0.15) is 0 Å². The van der Waals surface area contributed by atoms with Crippen molar-refractivity contribution < 1.29 is 19.1 Å². The predicted octanol–water partition coefficient (Wildman–Crippen LogP) is 4.42. The van der Waals surface area contributed by atoms with Crippen LogP contribution in [-0.4, -0.2) is 72.1 Å².